The zero-order valence-corrected chi connectivity index (χ0v) is 17.6. The van der Waals surface area contributed by atoms with Crippen molar-refractivity contribution in [2.24, 2.45) is 0 Å². The molecule has 5 rings (SSSR count). The number of aromatic nitrogens is 4. The molecule has 0 amide bonds. The molecule has 33 heavy (non-hydrogen) atoms. The molecule has 5 aromatic rings. The first-order valence-corrected chi connectivity index (χ1v) is 10.1. The van der Waals surface area contributed by atoms with Crippen LogP contribution >= 0.6 is 0 Å². The van der Waals surface area contributed by atoms with Crippen LogP contribution in [-0.4, -0.2) is 32.6 Å². The summed E-state index contributed by atoms with van der Waals surface area (Å²) in [5.74, 6) is 0.0984. The lowest BCUT2D eigenvalue weighted by Gasteiger charge is -2.11. The lowest BCUT2D eigenvalue weighted by molar-refractivity contribution is 0.0600. The molecular formula is C25H18FN5O2. The molecule has 0 radical (unpaired) electrons. The molecule has 0 bridgehead atoms. The van der Waals surface area contributed by atoms with Crippen LogP contribution < -0.4 is 5.73 Å². The molecule has 0 unspecified atom stereocenters. The number of methoxy groups -OCH3 is 1. The normalized spacial score (nSPS) is 11.0. The predicted molar refractivity (Wildman–Crippen MR) is 123 cm³/mol. The van der Waals surface area contributed by atoms with E-state index in [1.165, 1.54) is 19.2 Å². The number of nitrogen functional groups attached to an aromatic ring is 1. The first-order valence-electron chi connectivity index (χ1n) is 10.1. The fraction of sp³-hybridized carbons (Fsp3) is 0.0400. The van der Waals surface area contributed by atoms with Crippen molar-refractivity contribution in [2.45, 2.75) is 0 Å². The second kappa shape index (κ2) is 8.16. The van der Waals surface area contributed by atoms with Gasteiger partial charge in [0.15, 0.2) is 11.5 Å². The summed E-state index contributed by atoms with van der Waals surface area (Å²) >= 11 is 0. The number of benzene rings is 2. The van der Waals surface area contributed by atoms with Crippen molar-refractivity contribution < 1.29 is 13.9 Å². The molecule has 0 aliphatic heterocycles. The number of nitrogens with two attached hydrogens (primary N) is 1. The van der Waals surface area contributed by atoms with Crippen LogP contribution in [0.2, 0.25) is 0 Å². The lowest BCUT2D eigenvalue weighted by Crippen LogP contribution is -2.04. The van der Waals surface area contributed by atoms with E-state index in [9.17, 15) is 9.18 Å². The maximum Gasteiger partial charge on any atom is 0.337 e. The minimum Gasteiger partial charge on any atom is -0.465 e. The number of halogens is 1. The smallest absolute Gasteiger partial charge is 0.337 e. The Hall–Kier alpha value is -4.59. The van der Waals surface area contributed by atoms with Gasteiger partial charge in [-0.05, 0) is 60.7 Å². The topological polar surface area (TPSA) is 95.9 Å². The van der Waals surface area contributed by atoms with Gasteiger partial charge in [-0.25, -0.2) is 24.1 Å². The third kappa shape index (κ3) is 3.67. The number of hydrogen-bond donors (Lipinski definition) is 1. The van der Waals surface area contributed by atoms with Gasteiger partial charge in [0.2, 0.25) is 0 Å². The van der Waals surface area contributed by atoms with Gasteiger partial charge >= 0.3 is 5.97 Å². The highest BCUT2D eigenvalue weighted by Gasteiger charge is 2.19. The molecule has 0 fully saturated rings. The number of fused-ring (bicyclic) bond motifs is 1. The van der Waals surface area contributed by atoms with Crippen LogP contribution in [-0.2, 0) is 4.74 Å². The van der Waals surface area contributed by atoms with Crippen molar-refractivity contribution in [3.63, 3.8) is 0 Å². The Labute approximate surface area is 188 Å². The Balaban J connectivity index is 1.76. The van der Waals surface area contributed by atoms with Crippen LogP contribution in [0.15, 0.2) is 79.0 Å². The number of esters is 1. The highest BCUT2D eigenvalue weighted by atomic mass is 19.1. The van der Waals surface area contributed by atoms with E-state index in [0.717, 1.165) is 0 Å². The SMILES string of the molecule is COC(=O)c1ccc(-n2c(-c3cccnc3N)nc3ccc(-c4cccc(F)c4)nc32)cc1. The standard InChI is InChI=1S/C25H18FN5O2/c1-33-25(32)15-7-9-18(10-8-15)31-23(19-6-3-13-28-22(19)27)30-21-12-11-20(29-24(21)31)16-4-2-5-17(26)14-16/h2-14H,1H3,(H2,27,28). The second-order valence-corrected chi connectivity index (χ2v) is 7.30. The molecule has 3 heterocycles. The van der Waals surface area contributed by atoms with Gasteiger partial charge in [-0.3, -0.25) is 4.57 Å². The fourth-order valence-corrected chi connectivity index (χ4v) is 3.66. The fourth-order valence-electron chi connectivity index (χ4n) is 3.66. The number of pyridine rings is 2. The number of ether oxygens (including phenoxy) is 1. The van der Waals surface area contributed by atoms with Crippen molar-refractivity contribution in [3.8, 4) is 28.3 Å². The molecular weight excluding hydrogens is 421 g/mol. The van der Waals surface area contributed by atoms with E-state index in [2.05, 4.69) is 4.98 Å². The van der Waals surface area contributed by atoms with E-state index >= 15 is 0 Å². The molecule has 0 aliphatic carbocycles. The van der Waals surface area contributed by atoms with Crippen molar-refractivity contribution in [1.29, 1.82) is 0 Å². The Kier molecular flexibility index (Phi) is 5.02. The van der Waals surface area contributed by atoms with E-state index in [0.29, 0.717) is 50.9 Å². The Morgan fingerprint density at radius 2 is 1.82 bits per heavy atom. The highest BCUT2D eigenvalue weighted by Crippen LogP contribution is 2.31. The lowest BCUT2D eigenvalue weighted by atomic mass is 10.1. The Bertz CT molecular complexity index is 1500. The van der Waals surface area contributed by atoms with Gasteiger partial charge in [0.1, 0.15) is 17.2 Å². The molecule has 7 nitrogen and oxygen atoms in total. The Morgan fingerprint density at radius 3 is 2.55 bits per heavy atom. The van der Waals surface area contributed by atoms with Gasteiger partial charge in [0.25, 0.3) is 0 Å². The number of anilines is 1. The molecule has 2 N–H and O–H groups in total. The van der Waals surface area contributed by atoms with E-state index in [1.54, 1.807) is 54.7 Å². The monoisotopic (exact) mass is 439 g/mol. The summed E-state index contributed by atoms with van der Waals surface area (Å²) in [5.41, 5.74) is 10.4. The summed E-state index contributed by atoms with van der Waals surface area (Å²) in [5, 5.41) is 0. The second-order valence-electron chi connectivity index (χ2n) is 7.30. The van der Waals surface area contributed by atoms with Gasteiger partial charge in [0, 0.05) is 17.4 Å². The zero-order valence-electron chi connectivity index (χ0n) is 17.6. The molecule has 0 spiro atoms. The van der Waals surface area contributed by atoms with Crippen LogP contribution in [0.3, 0.4) is 0 Å². The summed E-state index contributed by atoms with van der Waals surface area (Å²) in [6.07, 6.45) is 1.61. The molecule has 3 aromatic heterocycles. The molecule has 0 saturated heterocycles. The van der Waals surface area contributed by atoms with E-state index < -0.39 is 5.97 Å². The summed E-state index contributed by atoms with van der Waals surface area (Å²) in [7, 11) is 1.33. The molecule has 0 atom stereocenters. The maximum absolute atomic E-state index is 13.8. The van der Waals surface area contributed by atoms with Gasteiger partial charge in [-0.1, -0.05) is 12.1 Å². The quantitative estimate of drug-likeness (QED) is 0.409. The van der Waals surface area contributed by atoms with Crippen LogP contribution in [0.4, 0.5) is 10.2 Å². The first-order chi connectivity index (χ1) is 16.0. The number of imidazole rings is 1. The highest BCUT2D eigenvalue weighted by molar-refractivity contribution is 5.90. The van der Waals surface area contributed by atoms with Crippen LogP contribution in [0, 0.1) is 5.82 Å². The average molecular weight is 439 g/mol. The summed E-state index contributed by atoms with van der Waals surface area (Å²) < 4.78 is 20.4. The third-order valence-corrected chi connectivity index (χ3v) is 5.25. The minimum absolute atomic E-state index is 0.325. The number of nitrogens with zero attached hydrogens (tertiary/aromatic N) is 4. The summed E-state index contributed by atoms with van der Waals surface area (Å²) in [6.45, 7) is 0. The van der Waals surface area contributed by atoms with Crippen molar-refractivity contribution >= 4 is 23.0 Å². The van der Waals surface area contributed by atoms with Crippen LogP contribution in [0.5, 0.6) is 0 Å². The summed E-state index contributed by atoms with van der Waals surface area (Å²) in [4.78, 5) is 25.6. The van der Waals surface area contributed by atoms with Gasteiger partial charge in [-0.15, -0.1) is 0 Å². The molecule has 0 aliphatic rings. The van der Waals surface area contributed by atoms with Crippen molar-refractivity contribution in [1.82, 2.24) is 19.5 Å². The zero-order chi connectivity index (χ0) is 22.9. The number of carbonyl (C=O) groups excluding carboxylic acids is 1. The molecule has 162 valence electrons. The predicted octanol–water partition coefficient (Wildman–Crippen LogP) is 4.66. The Morgan fingerprint density at radius 1 is 1.00 bits per heavy atom. The number of carbonyl (C=O) groups is 1. The summed E-state index contributed by atoms with van der Waals surface area (Å²) in [6, 6.07) is 20.4. The average Bonchev–Trinajstić information content (AvgIpc) is 3.22. The van der Waals surface area contributed by atoms with Gasteiger partial charge < -0.3 is 10.5 Å². The minimum atomic E-state index is -0.430. The van der Waals surface area contributed by atoms with E-state index in [4.69, 9.17) is 20.4 Å². The first kappa shape index (κ1) is 20.3. The van der Waals surface area contributed by atoms with Crippen LogP contribution in [0.1, 0.15) is 10.4 Å². The van der Waals surface area contributed by atoms with E-state index in [-0.39, 0.29) is 5.82 Å². The van der Waals surface area contributed by atoms with Gasteiger partial charge in [0.05, 0.1) is 23.9 Å². The van der Waals surface area contributed by atoms with Crippen molar-refractivity contribution in [2.75, 3.05) is 12.8 Å². The van der Waals surface area contributed by atoms with Crippen molar-refractivity contribution in [3.05, 3.63) is 90.4 Å². The molecule has 8 heteroatoms. The van der Waals surface area contributed by atoms with Crippen LogP contribution in [0.25, 0.3) is 39.5 Å². The number of rotatable bonds is 4. The molecule has 0 saturated carbocycles. The molecule has 2 aromatic carbocycles. The maximum atomic E-state index is 13.8. The van der Waals surface area contributed by atoms with Gasteiger partial charge in [-0.2, -0.15) is 0 Å². The third-order valence-electron chi connectivity index (χ3n) is 5.25. The van der Waals surface area contributed by atoms with E-state index in [1.807, 2.05) is 16.7 Å². The number of hydrogen-bond acceptors (Lipinski definition) is 6. The largest absolute Gasteiger partial charge is 0.465 e.